The van der Waals surface area contributed by atoms with E-state index in [2.05, 4.69) is 15.9 Å². The van der Waals surface area contributed by atoms with Crippen molar-refractivity contribution in [1.29, 1.82) is 0 Å². The molecule has 0 bridgehead atoms. The number of carboxylic acids is 1. The lowest BCUT2D eigenvalue weighted by Crippen LogP contribution is -2.05. The van der Waals surface area contributed by atoms with Crippen LogP contribution >= 0.6 is 15.9 Å². The van der Waals surface area contributed by atoms with Gasteiger partial charge in [0.1, 0.15) is 5.82 Å². The average molecular weight is 263 g/mol. The highest BCUT2D eigenvalue weighted by Crippen LogP contribution is 2.22. The Bertz CT molecular complexity index is 354. The number of hydrogen-bond donors (Lipinski definition) is 2. The summed E-state index contributed by atoms with van der Waals surface area (Å²) < 4.78 is 13.0. The van der Waals surface area contributed by atoms with Crippen LogP contribution in [0.4, 0.5) is 4.39 Å². The third-order valence-electron chi connectivity index (χ3n) is 1.70. The van der Waals surface area contributed by atoms with E-state index < -0.39 is 24.3 Å². The van der Waals surface area contributed by atoms with Crippen LogP contribution in [-0.4, -0.2) is 16.2 Å². The lowest BCUT2D eigenvalue weighted by Gasteiger charge is -2.08. The minimum Gasteiger partial charge on any atom is -0.481 e. The van der Waals surface area contributed by atoms with Gasteiger partial charge in [-0.3, -0.25) is 4.79 Å². The van der Waals surface area contributed by atoms with Crippen LogP contribution in [0.5, 0.6) is 0 Å². The van der Waals surface area contributed by atoms with Crippen molar-refractivity contribution < 1.29 is 19.4 Å². The molecule has 1 atom stereocenters. The van der Waals surface area contributed by atoms with Crippen molar-refractivity contribution in [2.24, 2.45) is 0 Å². The topological polar surface area (TPSA) is 57.5 Å². The number of halogens is 2. The van der Waals surface area contributed by atoms with Gasteiger partial charge in [0, 0.05) is 0 Å². The van der Waals surface area contributed by atoms with E-state index in [1.165, 1.54) is 18.2 Å². The highest BCUT2D eigenvalue weighted by molar-refractivity contribution is 9.10. The molecule has 2 N–H and O–H groups in total. The lowest BCUT2D eigenvalue weighted by atomic mass is 10.1. The molecule has 0 unspecified atom stereocenters. The number of rotatable bonds is 3. The summed E-state index contributed by atoms with van der Waals surface area (Å²) in [5.74, 6) is -1.55. The summed E-state index contributed by atoms with van der Waals surface area (Å²) in [6.45, 7) is 0. The molecule has 1 aromatic carbocycles. The van der Waals surface area contributed by atoms with E-state index in [0.29, 0.717) is 5.56 Å². The van der Waals surface area contributed by atoms with Crippen LogP contribution in [0.15, 0.2) is 22.7 Å². The molecule has 0 fully saturated rings. The van der Waals surface area contributed by atoms with E-state index in [0.717, 1.165) is 0 Å². The molecule has 0 amide bonds. The van der Waals surface area contributed by atoms with Crippen molar-refractivity contribution >= 4 is 21.9 Å². The molecule has 0 spiro atoms. The fourth-order valence-corrected chi connectivity index (χ4v) is 1.40. The number of carbonyl (C=O) groups is 1. The van der Waals surface area contributed by atoms with Gasteiger partial charge in [0.2, 0.25) is 0 Å². The molecule has 1 aromatic rings. The second-order valence-corrected chi connectivity index (χ2v) is 3.64. The average Bonchev–Trinajstić information content (AvgIpc) is 2.08. The van der Waals surface area contributed by atoms with E-state index >= 15 is 0 Å². The summed E-state index contributed by atoms with van der Waals surface area (Å²) >= 11 is 2.95. The Hall–Kier alpha value is -0.940. The lowest BCUT2D eigenvalue weighted by molar-refractivity contribution is -0.139. The quantitative estimate of drug-likeness (QED) is 0.877. The van der Waals surface area contributed by atoms with Crippen molar-refractivity contribution in [2.45, 2.75) is 12.5 Å². The molecule has 0 aliphatic rings. The van der Waals surface area contributed by atoms with Gasteiger partial charge in [-0.05, 0) is 33.6 Å². The zero-order valence-corrected chi connectivity index (χ0v) is 8.66. The monoisotopic (exact) mass is 262 g/mol. The fraction of sp³-hybridized carbons (Fsp3) is 0.222. The van der Waals surface area contributed by atoms with Crippen LogP contribution < -0.4 is 0 Å². The zero-order chi connectivity index (χ0) is 10.7. The summed E-state index contributed by atoms with van der Waals surface area (Å²) in [6, 6.07) is 3.89. The van der Waals surface area contributed by atoms with E-state index in [9.17, 15) is 14.3 Å². The van der Waals surface area contributed by atoms with Gasteiger partial charge in [-0.15, -0.1) is 0 Å². The zero-order valence-electron chi connectivity index (χ0n) is 7.08. The molecule has 0 aliphatic carbocycles. The van der Waals surface area contributed by atoms with Crippen LogP contribution in [0.1, 0.15) is 18.1 Å². The van der Waals surface area contributed by atoms with Crippen molar-refractivity contribution in [2.75, 3.05) is 0 Å². The molecule has 1 rings (SSSR count). The highest BCUT2D eigenvalue weighted by Gasteiger charge is 2.13. The molecular weight excluding hydrogens is 255 g/mol. The summed E-state index contributed by atoms with van der Waals surface area (Å²) in [7, 11) is 0. The first-order chi connectivity index (χ1) is 6.50. The molecule has 5 heteroatoms. The molecular formula is C9H8BrFO3. The standard InChI is InChI=1S/C9H8BrFO3/c10-6-3-5(1-2-7(6)11)8(12)4-9(13)14/h1-3,8,12H,4H2,(H,13,14)/t8-/m1/s1. The number of carboxylic acid groups (broad SMARTS) is 1. The summed E-state index contributed by atoms with van der Waals surface area (Å²) in [5, 5.41) is 17.8. The molecule has 0 heterocycles. The maximum absolute atomic E-state index is 12.8. The second-order valence-electron chi connectivity index (χ2n) is 2.79. The number of aliphatic hydroxyl groups excluding tert-OH is 1. The van der Waals surface area contributed by atoms with Crippen LogP contribution in [0.25, 0.3) is 0 Å². The molecule has 0 aliphatic heterocycles. The molecule has 76 valence electrons. The predicted octanol–water partition coefficient (Wildman–Crippen LogP) is 2.10. The molecule has 3 nitrogen and oxygen atoms in total. The van der Waals surface area contributed by atoms with Gasteiger partial charge in [-0.1, -0.05) is 6.07 Å². The molecule has 0 saturated heterocycles. The largest absolute Gasteiger partial charge is 0.481 e. The normalized spacial score (nSPS) is 12.5. The van der Waals surface area contributed by atoms with E-state index in [-0.39, 0.29) is 4.47 Å². The van der Waals surface area contributed by atoms with Crippen molar-refractivity contribution in [3.8, 4) is 0 Å². The van der Waals surface area contributed by atoms with E-state index in [1.54, 1.807) is 0 Å². The Balaban J connectivity index is 2.85. The molecule has 0 radical (unpaired) electrons. The van der Waals surface area contributed by atoms with Crippen molar-refractivity contribution in [1.82, 2.24) is 0 Å². The number of benzene rings is 1. The Morgan fingerprint density at radius 1 is 1.57 bits per heavy atom. The van der Waals surface area contributed by atoms with E-state index in [4.69, 9.17) is 5.11 Å². The Morgan fingerprint density at radius 3 is 2.71 bits per heavy atom. The van der Waals surface area contributed by atoms with Gasteiger partial charge in [-0.25, -0.2) is 4.39 Å². The van der Waals surface area contributed by atoms with Gasteiger partial charge in [0.25, 0.3) is 0 Å². The van der Waals surface area contributed by atoms with Crippen molar-refractivity contribution in [3.05, 3.63) is 34.1 Å². The maximum Gasteiger partial charge on any atom is 0.306 e. The maximum atomic E-state index is 12.8. The first-order valence-corrected chi connectivity index (χ1v) is 4.65. The molecule has 0 aromatic heterocycles. The SMILES string of the molecule is O=C(O)C[C@@H](O)c1ccc(F)c(Br)c1. The highest BCUT2D eigenvalue weighted by atomic mass is 79.9. The minimum absolute atomic E-state index is 0.208. The van der Waals surface area contributed by atoms with Gasteiger partial charge < -0.3 is 10.2 Å². The first-order valence-electron chi connectivity index (χ1n) is 3.85. The summed E-state index contributed by atoms with van der Waals surface area (Å²) in [4.78, 5) is 10.3. The van der Waals surface area contributed by atoms with Gasteiger partial charge in [-0.2, -0.15) is 0 Å². The third kappa shape index (κ3) is 2.78. The van der Waals surface area contributed by atoms with Gasteiger partial charge in [0.15, 0.2) is 0 Å². The van der Waals surface area contributed by atoms with Crippen LogP contribution in [0.2, 0.25) is 0 Å². The number of aliphatic hydroxyl groups is 1. The predicted molar refractivity (Wildman–Crippen MR) is 51.3 cm³/mol. The second kappa shape index (κ2) is 4.52. The smallest absolute Gasteiger partial charge is 0.306 e. The van der Waals surface area contributed by atoms with Crippen LogP contribution in [-0.2, 0) is 4.79 Å². The van der Waals surface area contributed by atoms with E-state index in [1.807, 2.05) is 0 Å². The van der Waals surface area contributed by atoms with Crippen LogP contribution in [0.3, 0.4) is 0 Å². The summed E-state index contributed by atoms with van der Waals surface area (Å²) in [5.41, 5.74) is 0.376. The first kappa shape index (κ1) is 11.1. The fourth-order valence-electron chi connectivity index (χ4n) is 1.00. The van der Waals surface area contributed by atoms with Crippen LogP contribution in [0, 0.1) is 5.82 Å². The van der Waals surface area contributed by atoms with Gasteiger partial charge in [0.05, 0.1) is 17.0 Å². The summed E-state index contributed by atoms with van der Waals surface area (Å²) in [6.07, 6.45) is -1.50. The molecule has 14 heavy (non-hydrogen) atoms. The number of hydrogen-bond acceptors (Lipinski definition) is 2. The van der Waals surface area contributed by atoms with Gasteiger partial charge >= 0.3 is 5.97 Å². The third-order valence-corrected chi connectivity index (χ3v) is 2.30. The Labute approximate surface area is 88.3 Å². The Morgan fingerprint density at radius 2 is 2.21 bits per heavy atom. The van der Waals surface area contributed by atoms with Crippen molar-refractivity contribution in [3.63, 3.8) is 0 Å². The number of aliphatic carboxylic acids is 1. The molecule has 0 saturated carbocycles. The Kier molecular flexibility index (Phi) is 3.60. The minimum atomic E-state index is -1.11.